The number of carbonyl (C=O) groups is 2. The molecule has 0 fully saturated rings. The first-order valence-corrected chi connectivity index (χ1v) is 21.4. The molecule has 0 amide bonds. The van der Waals surface area contributed by atoms with Gasteiger partial charge in [0.25, 0.3) is 11.1 Å². The molecule has 0 spiro atoms. The number of aromatic nitrogens is 4. The van der Waals surface area contributed by atoms with Crippen LogP contribution < -0.4 is 30.8 Å². The molecular weight excluding hydrogens is 841 g/mol. The van der Waals surface area contributed by atoms with Crippen molar-refractivity contribution in [1.82, 2.24) is 19.1 Å². The van der Waals surface area contributed by atoms with E-state index in [4.69, 9.17) is 18.9 Å². The average molecular weight is 895 g/mol. The van der Waals surface area contributed by atoms with E-state index >= 15 is 0 Å². The first-order valence-electron chi connectivity index (χ1n) is 21.4. The fourth-order valence-electron chi connectivity index (χ4n) is 6.84. The first kappa shape index (κ1) is 51.5. The van der Waals surface area contributed by atoms with Gasteiger partial charge in [-0.3, -0.25) is 18.7 Å². The van der Waals surface area contributed by atoms with E-state index in [9.17, 15) is 29.4 Å². The van der Waals surface area contributed by atoms with Crippen LogP contribution in [0.15, 0.2) is 131 Å². The van der Waals surface area contributed by atoms with Crippen LogP contribution in [0.1, 0.15) is 50.5 Å². The van der Waals surface area contributed by atoms with Crippen LogP contribution in [0.5, 0.6) is 11.5 Å². The molecule has 2 heterocycles. The van der Waals surface area contributed by atoms with Gasteiger partial charge in [-0.15, -0.1) is 0 Å². The second-order valence-electron chi connectivity index (χ2n) is 14.5. The van der Waals surface area contributed by atoms with E-state index in [1.807, 2.05) is 74.5 Å². The number of aryl methyl sites for hydroxylation is 2. The van der Waals surface area contributed by atoms with Gasteiger partial charge in [0.2, 0.25) is 0 Å². The monoisotopic (exact) mass is 894 g/mol. The van der Waals surface area contributed by atoms with E-state index in [1.165, 1.54) is 0 Å². The number of carbonyl (C=O) groups excluding carboxylic acids is 2. The Morgan fingerprint density at radius 1 is 0.554 bits per heavy atom. The quantitative estimate of drug-likeness (QED) is 0.0890. The number of hydrogen-bond donors (Lipinski definition) is 0. The first-order chi connectivity index (χ1) is 31.0. The van der Waals surface area contributed by atoms with Crippen LogP contribution >= 0.6 is 0 Å². The Hall–Kier alpha value is -6.13. The number of rotatable bonds is 22. The molecule has 0 radical (unpaired) electrons. The van der Waals surface area contributed by atoms with Gasteiger partial charge in [-0.2, -0.15) is 0 Å². The number of hydrogen-bond acceptors (Lipinski definition) is 12. The van der Waals surface area contributed by atoms with Crippen molar-refractivity contribution in [2.24, 2.45) is 0 Å². The Morgan fingerprint density at radius 3 is 1.22 bits per heavy atom. The van der Waals surface area contributed by atoms with Gasteiger partial charge in [-0.1, -0.05) is 98.8 Å². The van der Waals surface area contributed by atoms with Gasteiger partial charge >= 0.3 is 23.1 Å². The molecule has 0 aliphatic heterocycles. The van der Waals surface area contributed by atoms with Crippen molar-refractivity contribution >= 4 is 35.0 Å². The van der Waals surface area contributed by atoms with Crippen molar-refractivity contribution in [3.05, 3.63) is 165 Å². The molecule has 15 heteroatoms. The maximum atomic E-state index is 12.7. The fraction of sp³-hybridized carbons (Fsp3) is 0.320. The van der Waals surface area contributed by atoms with Crippen molar-refractivity contribution in [3.63, 3.8) is 0 Å². The second kappa shape index (κ2) is 26.6. The van der Waals surface area contributed by atoms with Crippen LogP contribution in [0, 0.1) is 0 Å². The molecule has 2 unspecified atom stereocenters. The largest absolute Gasteiger partial charge is 2.00 e. The smallest absolute Gasteiger partial charge is 0.547 e. The maximum Gasteiger partial charge on any atom is 2.00 e. The minimum Gasteiger partial charge on any atom is -0.547 e. The molecule has 65 heavy (non-hydrogen) atoms. The molecule has 2 atom stereocenters. The van der Waals surface area contributed by atoms with Crippen LogP contribution in [0.25, 0.3) is 22.5 Å². The molecule has 0 aliphatic rings. The third kappa shape index (κ3) is 15.5. The molecule has 4 aromatic carbocycles. The number of nitrogens with zero attached hydrogens (tertiary/aromatic N) is 4. The third-order valence-electron chi connectivity index (χ3n) is 10.1. The van der Waals surface area contributed by atoms with Crippen molar-refractivity contribution in [2.45, 2.75) is 78.7 Å². The van der Waals surface area contributed by atoms with Crippen molar-refractivity contribution in [1.29, 1.82) is 0 Å². The van der Waals surface area contributed by atoms with Crippen LogP contribution in [0.2, 0.25) is 0 Å². The van der Waals surface area contributed by atoms with E-state index < -0.39 is 24.1 Å². The van der Waals surface area contributed by atoms with Crippen LogP contribution in [0.4, 0.5) is 0 Å². The van der Waals surface area contributed by atoms with Gasteiger partial charge in [0.05, 0.1) is 36.4 Å². The van der Waals surface area contributed by atoms with E-state index in [0.29, 0.717) is 86.9 Å². The average Bonchev–Trinajstić information content (AvgIpc) is 3.31. The minimum absolute atomic E-state index is 0. The zero-order valence-corrected chi connectivity index (χ0v) is 38.8. The summed E-state index contributed by atoms with van der Waals surface area (Å²) in [5.74, 6) is 0.233. The number of carboxylic acids is 2. The summed E-state index contributed by atoms with van der Waals surface area (Å²) in [5.41, 5.74) is 4.55. The summed E-state index contributed by atoms with van der Waals surface area (Å²) in [7, 11) is 0. The van der Waals surface area contributed by atoms with Gasteiger partial charge in [-0.25, -0.2) is 9.97 Å². The minimum atomic E-state index is -1.23. The van der Waals surface area contributed by atoms with E-state index in [0.717, 1.165) is 22.3 Å². The van der Waals surface area contributed by atoms with Gasteiger partial charge < -0.3 is 38.7 Å². The Morgan fingerprint density at radius 2 is 0.908 bits per heavy atom. The Balaban J connectivity index is 0.000000280. The summed E-state index contributed by atoms with van der Waals surface area (Å²) < 4.78 is 25.2. The van der Waals surface area contributed by atoms with Crippen LogP contribution in [-0.4, -0.2) is 92.7 Å². The topological polar surface area (TPSA) is 187 Å². The molecule has 14 nitrogen and oxygen atoms in total. The zero-order chi connectivity index (χ0) is 45.8. The van der Waals surface area contributed by atoms with Crippen LogP contribution in [0.3, 0.4) is 0 Å². The molecule has 6 aromatic rings. The Bertz CT molecular complexity index is 2340. The summed E-state index contributed by atoms with van der Waals surface area (Å²) in [4.78, 5) is 57.0. The molecule has 0 saturated carbocycles. The molecule has 0 bridgehead atoms. The SMILES string of the molecule is CCOC(Cc1ccc(OCCn2c(CC)nc(-c3ccccc3)cc2=O)cc1)C(=O)[O-].CCOC(Cc1ccc(OCCn2c(CC)nc(-c3ccccc3)cc2=O)cc1)C(=O)[O-].[Mg+2]. The standard InChI is InChI=1S/2C25H28N2O5.Mg/c2*1-3-23-26-21(19-8-6-5-7-9-19)17-24(28)27(23)14-15-32-20-12-10-18(11-13-20)16-22(25(29)30)31-4-2;/h2*5-13,17,22H,3-4,14-16H2,1-2H3,(H,29,30);/q;;+2/p-2. The molecule has 6 rings (SSSR count). The van der Waals surface area contributed by atoms with E-state index in [1.54, 1.807) is 83.6 Å². The fourth-order valence-corrected chi connectivity index (χ4v) is 6.84. The predicted molar refractivity (Wildman–Crippen MR) is 244 cm³/mol. The number of carboxylic acid groups (broad SMARTS) is 2. The Labute approximate surface area is 395 Å². The van der Waals surface area contributed by atoms with E-state index in [2.05, 4.69) is 9.97 Å². The molecule has 0 N–H and O–H groups in total. The summed E-state index contributed by atoms with van der Waals surface area (Å²) in [5, 5.41) is 22.2. The summed E-state index contributed by atoms with van der Waals surface area (Å²) in [6, 6.07) is 36.6. The Kier molecular flexibility index (Phi) is 21.1. The normalized spacial score (nSPS) is 11.6. The van der Waals surface area contributed by atoms with Crippen molar-refractivity contribution in [2.75, 3.05) is 26.4 Å². The molecule has 336 valence electrons. The van der Waals surface area contributed by atoms with Gasteiger partial charge in [0.15, 0.2) is 0 Å². The summed E-state index contributed by atoms with van der Waals surface area (Å²) >= 11 is 0. The molecule has 0 aliphatic carbocycles. The van der Waals surface area contributed by atoms with Gasteiger partial charge in [-0.05, 0) is 49.2 Å². The van der Waals surface area contributed by atoms with Gasteiger partial charge in [0.1, 0.15) is 48.6 Å². The van der Waals surface area contributed by atoms with Crippen LogP contribution in [-0.2, 0) is 57.8 Å². The van der Waals surface area contributed by atoms with Crippen molar-refractivity contribution < 1.29 is 38.7 Å². The molecule has 0 saturated heterocycles. The van der Waals surface area contributed by atoms with E-state index in [-0.39, 0.29) is 47.0 Å². The number of benzene rings is 4. The van der Waals surface area contributed by atoms with Gasteiger partial charge in [0, 0.05) is 62.2 Å². The zero-order valence-electron chi connectivity index (χ0n) is 37.4. The third-order valence-corrected chi connectivity index (χ3v) is 10.1. The molecule has 2 aromatic heterocycles. The number of ether oxygens (including phenoxy) is 4. The predicted octanol–water partition coefficient (Wildman–Crippen LogP) is 4.12. The summed E-state index contributed by atoms with van der Waals surface area (Å²) in [6.45, 7) is 9.40. The van der Waals surface area contributed by atoms with Crippen molar-refractivity contribution in [3.8, 4) is 34.0 Å². The second-order valence-corrected chi connectivity index (χ2v) is 14.5. The number of aliphatic carboxylic acids is 2. The summed E-state index contributed by atoms with van der Waals surface area (Å²) in [6.07, 6.45) is -0.236. The maximum absolute atomic E-state index is 12.7. The molecular formula is C50H54MgN4O10.